The second-order valence-corrected chi connectivity index (χ2v) is 3.01. The molecular weight excluding hydrogens is 198 g/mol. The van der Waals surface area contributed by atoms with E-state index in [9.17, 15) is 4.79 Å². The van der Waals surface area contributed by atoms with Crippen LogP contribution in [0.25, 0.3) is 0 Å². The average molecular weight is 211 g/mol. The summed E-state index contributed by atoms with van der Waals surface area (Å²) in [5.41, 5.74) is 6.04. The van der Waals surface area contributed by atoms with Gasteiger partial charge in [0.1, 0.15) is 0 Å². The number of hydrogen-bond acceptors (Lipinski definition) is 4. The maximum atomic E-state index is 10.6. The van der Waals surface area contributed by atoms with Crippen molar-refractivity contribution >= 4 is 11.7 Å². The summed E-state index contributed by atoms with van der Waals surface area (Å²) in [4.78, 5) is 10.6. The molecule has 1 aromatic rings. The number of anilines is 1. The molecule has 0 amide bonds. The summed E-state index contributed by atoms with van der Waals surface area (Å²) in [5.74, 6) is -0.260. The molecule has 1 aromatic carbocycles. The first-order valence-electron chi connectivity index (χ1n) is 4.37. The Bertz CT molecular complexity index is 364. The van der Waals surface area contributed by atoms with Crippen LogP contribution in [0, 0.1) is 0 Å². The number of nitrogens with two attached hydrogens (primary N) is 1. The van der Waals surface area contributed by atoms with E-state index in [4.69, 9.17) is 20.3 Å². The van der Waals surface area contributed by atoms with Gasteiger partial charge < -0.3 is 20.3 Å². The molecule has 0 saturated heterocycles. The van der Waals surface area contributed by atoms with Gasteiger partial charge in [-0.3, -0.25) is 0 Å². The Kier molecular flexibility index (Phi) is 3.38. The van der Waals surface area contributed by atoms with Gasteiger partial charge in [0.2, 0.25) is 0 Å². The van der Waals surface area contributed by atoms with Crippen LogP contribution >= 0.6 is 0 Å². The van der Waals surface area contributed by atoms with Crippen molar-refractivity contribution in [3.05, 3.63) is 18.2 Å². The summed E-state index contributed by atoms with van der Waals surface area (Å²) in [6.45, 7) is 1.44. The van der Waals surface area contributed by atoms with E-state index in [-0.39, 0.29) is 0 Å². The molecule has 0 aliphatic heterocycles. The maximum Gasteiger partial charge on any atom is 0.344 e. The lowest BCUT2D eigenvalue weighted by molar-refractivity contribution is -0.144. The Morgan fingerprint density at radius 2 is 2.13 bits per heavy atom. The van der Waals surface area contributed by atoms with Crippen molar-refractivity contribution in [1.82, 2.24) is 0 Å². The fraction of sp³-hybridized carbons (Fsp3) is 0.300. The highest BCUT2D eigenvalue weighted by Crippen LogP contribution is 2.29. The number of benzene rings is 1. The summed E-state index contributed by atoms with van der Waals surface area (Å²) in [7, 11) is 1.48. The van der Waals surface area contributed by atoms with E-state index < -0.39 is 12.1 Å². The summed E-state index contributed by atoms with van der Waals surface area (Å²) < 4.78 is 10.2. The molecule has 0 aliphatic carbocycles. The molecule has 0 saturated carbocycles. The van der Waals surface area contributed by atoms with E-state index >= 15 is 0 Å². The quantitative estimate of drug-likeness (QED) is 0.729. The Morgan fingerprint density at radius 1 is 1.47 bits per heavy atom. The van der Waals surface area contributed by atoms with E-state index in [0.717, 1.165) is 0 Å². The Morgan fingerprint density at radius 3 is 2.67 bits per heavy atom. The van der Waals surface area contributed by atoms with Gasteiger partial charge in [0.05, 0.1) is 7.11 Å². The third kappa shape index (κ3) is 2.77. The van der Waals surface area contributed by atoms with Gasteiger partial charge in [-0.25, -0.2) is 4.79 Å². The molecule has 0 heterocycles. The zero-order valence-electron chi connectivity index (χ0n) is 8.56. The first-order valence-corrected chi connectivity index (χ1v) is 4.37. The monoisotopic (exact) mass is 211 g/mol. The van der Waals surface area contributed by atoms with E-state index in [1.807, 2.05) is 0 Å². The zero-order valence-corrected chi connectivity index (χ0v) is 8.56. The van der Waals surface area contributed by atoms with Gasteiger partial charge in [-0.2, -0.15) is 0 Å². The molecule has 1 atom stereocenters. The molecule has 1 rings (SSSR count). The van der Waals surface area contributed by atoms with Gasteiger partial charge in [0, 0.05) is 11.8 Å². The topological polar surface area (TPSA) is 81.8 Å². The van der Waals surface area contributed by atoms with Crippen molar-refractivity contribution in [2.45, 2.75) is 13.0 Å². The van der Waals surface area contributed by atoms with Crippen LogP contribution in [0.5, 0.6) is 11.5 Å². The van der Waals surface area contributed by atoms with Crippen LogP contribution < -0.4 is 15.2 Å². The third-order valence-electron chi connectivity index (χ3n) is 1.84. The molecule has 0 fully saturated rings. The molecule has 15 heavy (non-hydrogen) atoms. The summed E-state index contributed by atoms with van der Waals surface area (Å²) in [6, 6.07) is 4.80. The molecule has 0 bridgehead atoms. The Labute approximate surface area is 87.4 Å². The lowest BCUT2D eigenvalue weighted by Gasteiger charge is -2.13. The molecule has 0 spiro atoms. The number of hydrogen-bond donors (Lipinski definition) is 2. The van der Waals surface area contributed by atoms with Crippen molar-refractivity contribution in [1.29, 1.82) is 0 Å². The minimum atomic E-state index is -1.04. The van der Waals surface area contributed by atoms with E-state index in [1.165, 1.54) is 20.1 Å². The second kappa shape index (κ2) is 4.54. The molecule has 0 aliphatic rings. The Hall–Kier alpha value is -1.91. The molecule has 5 nitrogen and oxygen atoms in total. The number of ether oxygens (including phenoxy) is 2. The van der Waals surface area contributed by atoms with Crippen LogP contribution in [0.4, 0.5) is 5.69 Å². The zero-order chi connectivity index (χ0) is 11.4. The number of carbonyl (C=O) groups is 1. The molecule has 1 unspecified atom stereocenters. The summed E-state index contributed by atoms with van der Waals surface area (Å²) in [6.07, 6.45) is -0.944. The highest BCUT2D eigenvalue weighted by molar-refractivity contribution is 5.72. The molecule has 5 heteroatoms. The van der Waals surface area contributed by atoms with E-state index in [1.54, 1.807) is 12.1 Å². The Balaban J connectivity index is 2.91. The fourth-order valence-electron chi connectivity index (χ4n) is 1.03. The number of methoxy groups -OCH3 is 1. The standard InChI is InChI=1S/C10H13NO4/c1-6(10(12)13)15-9-5-7(11)3-4-8(9)14-2/h3-6H,11H2,1-2H3,(H,12,13). The summed E-state index contributed by atoms with van der Waals surface area (Å²) >= 11 is 0. The van der Waals surface area contributed by atoms with Crippen molar-refractivity contribution in [2.24, 2.45) is 0 Å². The van der Waals surface area contributed by atoms with Crippen molar-refractivity contribution in [3.63, 3.8) is 0 Å². The highest BCUT2D eigenvalue weighted by atomic mass is 16.5. The van der Waals surface area contributed by atoms with Gasteiger partial charge >= 0.3 is 5.97 Å². The minimum Gasteiger partial charge on any atom is -0.493 e. The summed E-state index contributed by atoms with van der Waals surface area (Å²) in [5, 5.41) is 8.68. The van der Waals surface area contributed by atoms with Crippen molar-refractivity contribution < 1.29 is 19.4 Å². The minimum absolute atomic E-state index is 0.326. The smallest absolute Gasteiger partial charge is 0.344 e. The van der Waals surface area contributed by atoms with Crippen LogP contribution in [-0.2, 0) is 4.79 Å². The van der Waals surface area contributed by atoms with Gasteiger partial charge in [0.25, 0.3) is 0 Å². The predicted octanol–water partition coefficient (Wildman–Crippen LogP) is 1.13. The van der Waals surface area contributed by atoms with Crippen molar-refractivity contribution in [3.8, 4) is 11.5 Å². The van der Waals surface area contributed by atoms with Crippen LogP contribution in [0.15, 0.2) is 18.2 Å². The van der Waals surface area contributed by atoms with Crippen LogP contribution in [-0.4, -0.2) is 24.3 Å². The van der Waals surface area contributed by atoms with Gasteiger partial charge in [-0.1, -0.05) is 0 Å². The molecule has 0 radical (unpaired) electrons. The first kappa shape index (κ1) is 11.2. The highest BCUT2D eigenvalue weighted by Gasteiger charge is 2.15. The lowest BCUT2D eigenvalue weighted by atomic mass is 10.3. The normalized spacial score (nSPS) is 11.9. The largest absolute Gasteiger partial charge is 0.493 e. The number of nitrogen functional groups attached to an aromatic ring is 1. The third-order valence-corrected chi connectivity index (χ3v) is 1.84. The van der Waals surface area contributed by atoms with Gasteiger partial charge in [-0.15, -0.1) is 0 Å². The van der Waals surface area contributed by atoms with Gasteiger partial charge in [-0.05, 0) is 19.1 Å². The SMILES string of the molecule is COc1ccc(N)cc1OC(C)C(=O)O. The van der Waals surface area contributed by atoms with Crippen LogP contribution in [0.1, 0.15) is 6.92 Å². The average Bonchev–Trinajstić information content (AvgIpc) is 2.18. The molecule has 0 aromatic heterocycles. The maximum absolute atomic E-state index is 10.6. The van der Waals surface area contributed by atoms with Gasteiger partial charge in [0.15, 0.2) is 17.6 Å². The lowest BCUT2D eigenvalue weighted by Crippen LogP contribution is -2.23. The van der Waals surface area contributed by atoms with Crippen LogP contribution in [0.2, 0.25) is 0 Å². The molecule has 3 N–H and O–H groups in total. The number of carboxylic acids is 1. The number of aliphatic carboxylic acids is 1. The van der Waals surface area contributed by atoms with E-state index in [0.29, 0.717) is 17.2 Å². The molecule has 82 valence electrons. The predicted molar refractivity (Wildman–Crippen MR) is 55.1 cm³/mol. The van der Waals surface area contributed by atoms with Crippen LogP contribution in [0.3, 0.4) is 0 Å². The van der Waals surface area contributed by atoms with Crippen molar-refractivity contribution in [2.75, 3.05) is 12.8 Å². The fourth-order valence-corrected chi connectivity index (χ4v) is 1.03. The first-order chi connectivity index (χ1) is 7.04. The molecular formula is C10H13NO4. The van der Waals surface area contributed by atoms with E-state index in [2.05, 4.69) is 0 Å². The second-order valence-electron chi connectivity index (χ2n) is 3.01. The number of carboxylic acid groups (broad SMARTS) is 1. The number of rotatable bonds is 4.